The topological polar surface area (TPSA) is 153 Å². The maximum Gasteiger partial charge on any atom is 0.220 e. The number of nitrogens with two attached hydrogens (primary N) is 2. The lowest BCUT2D eigenvalue weighted by Gasteiger charge is -2.31. The van der Waals surface area contributed by atoms with E-state index in [2.05, 4.69) is 60.2 Å². The third kappa shape index (κ3) is 14.0. The first kappa shape index (κ1) is 47.5. The maximum atomic E-state index is 14.3. The van der Waals surface area contributed by atoms with Gasteiger partial charge in [0.05, 0.1) is 13.2 Å². The van der Waals surface area contributed by atoms with Gasteiger partial charge in [0.1, 0.15) is 34.8 Å². The van der Waals surface area contributed by atoms with Crippen molar-refractivity contribution >= 4 is 11.8 Å². The van der Waals surface area contributed by atoms with Crippen molar-refractivity contribution < 1.29 is 36.6 Å². The SMILES string of the molecule is CCc1ccc2c(c1)C(NCC(N)C(Cc1cc(F)cc(F)c1)NC(=O)CCC(=O)NC(Cc1cc(F)cc(F)c1)C(N)CNC1CCOc3ccc(CCC(C)C)cc31)CCO2. The average molecular weight is 875 g/mol. The smallest absolute Gasteiger partial charge is 0.220 e. The van der Waals surface area contributed by atoms with Crippen LogP contribution < -0.4 is 42.2 Å². The Labute approximate surface area is 368 Å². The van der Waals surface area contributed by atoms with Crippen LogP contribution >= 0.6 is 0 Å². The molecule has 0 bridgehead atoms. The molecule has 4 aromatic rings. The highest BCUT2D eigenvalue weighted by molar-refractivity contribution is 5.84. The molecule has 6 unspecified atom stereocenters. The molecule has 8 N–H and O–H groups in total. The number of aryl methyl sites for hydroxylation is 2. The van der Waals surface area contributed by atoms with Crippen LogP contribution in [-0.4, -0.2) is 62.3 Å². The summed E-state index contributed by atoms with van der Waals surface area (Å²) in [4.78, 5) is 27.1. The number of hydrogen-bond acceptors (Lipinski definition) is 8. The Balaban J connectivity index is 1.10. The minimum atomic E-state index is -0.759. The number of rotatable bonds is 21. The number of fused-ring (bicyclic) bond motifs is 2. The zero-order chi connectivity index (χ0) is 45.0. The summed E-state index contributed by atoms with van der Waals surface area (Å²) in [6.07, 6.45) is 3.85. The van der Waals surface area contributed by atoms with Crippen molar-refractivity contribution in [1.29, 1.82) is 0 Å². The molecule has 2 aliphatic rings. The Bertz CT molecular complexity index is 2130. The number of nitrogens with one attached hydrogen (secondary N) is 4. The van der Waals surface area contributed by atoms with Crippen molar-refractivity contribution in [3.63, 3.8) is 0 Å². The van der Waals surface area contributed by atoms with Crippen LogP contribution in [0.4, 0.5) is 17.6 Å². The van der Waals surface area contributed by atoms with E-state index in [0.29, 0.717) is 43.1 Å². The van der Waals surface area contributed by atoms with E-state index >= 15 is 0 Å². The molecule has 0 fully saturated rings. The Morgan fingerprint density at radius 2 is 1.06 bits per heavy atom. The van der Waals surface area contributed by atoms with Crippen molar-refractivity contribution in [2.75, 3.05) is 26.3 Å². The molecule has 0 radical (unpaired) electrons. The second-order valence-corrected chi connectivity index (χ2v) is 17.4. The third-order valence-corrected chi connectivity index (χ3v) is 11.9. The first-order valence-corrected chi connectivity index (χ1v) is 22.2. The molecule has 0 aliphatic carbocycles. The minimum Gasteiger partial charge on any atom is -0.493 e. The molecule has 0 aromatic heterocycles. The van der Waals surface area contributed by atoms with Gasteiger partial charge < -0.3 is 42.2 Å². The van der Waals surface area contributed by atoms with E-state index in [0.717, 1.165) is 59.6 Å². The summed E-state index contributed by atoms with van der Waals surface area (Å²) in [5.74, 6) is -1.84. The van der Waals surface area contributed by atoms with Crippen LogP contribution in [0.5, 0.6) is 11.5 Å². The van der Waals surface area contributed by atoms with Crippen LogP contribution in [0.25, 0.3) is 0 Å². The van der Waals surface area contributed by atoms with E-state index in [1.54, 1.807) is 0 Å². The number of ether oxygens (including phenoxy) is 2. The van der Waals surface area contributed by atoms with E-state index in [9.17, 15) is 27.2 Å². The lowest BCUT2D eigenvalue weighted by molar-refractivity contribution is -0.127. The molecule has 4 aromatic carbocycles. The van der Waals surface area contributed by atoms with Crippen molar-refractivity contribution in [1.82, 2.24) is 21.3 Å². The normalized spacial score (nSPS) is 17.7. The molecule has 10 nitrogen and oxygen atoms in total. The van der Waals surface area contributed by atoms with Gasteiger partial charge in [0.2, 0.25) is 11.8 Å². The number of benzene rings is 4. The highest BCUT2D eigenvalue weighted by atomic mass is 19.1. The highest BCUT2D eigenvalue weighted by Gasteiger charge is 2.28. The van der Waals surface area contributed by atoms with E-state index in [-0.39, 0.29) is 50.9 Å². The number of halogens is 4. The Kier molecular flexibility index (Phi) is 17.0. The van der Waals surface area contributed by atoms with Crippen LogP contribution in [0.15, 0.2) is 72.8 Å². The van der Waals surface area contributed by atoms with Gasteiger partial charge in [-0.1, -0.05) is 45.0 Å². The largest absolute Gasteiger partial charge is 0.493 e. The van der Waals surface area contributed by atoms with Crippen LogP contribution in [0.1, 0.15) is 98.3 Å². The number of carbonyl (C=O) groups is 2. The van der Waals surface area contributed by atoms with E-state index in [4.69, 9.17) is 20.9 Å². The van der Waals surface area contributed by atoms with E-state index < -0.39 is 59.3 Å². The molecule has 2 heterocycles. The van der Waals surface area contributed by atoms with Gasteiger partial charge in [-0.25, -0.2) is 17.6 Å². The molecule has 0 spiro atoms. The van der Waals surface area contributed by atoms with Crippen molar-refractivity contribution in [3.05, 3.63) is 129 Å². The molecule has 6 atom stereocenters. The van der Waals surface area contributed by atoms with E-state index in [1.807, 2.05) is 18.2 Å². The summed E-state index contributed by atoms with van der Waals surface area (Å²) in [6.45, 7) is 8.01. The Morgan fingerprint density at radius 3 is 1.49 bits per heavy atom. The summed E-state index contributed by atoms with van der Waals surface area (Å²) in [5.41, 5.74) is 18.5. The zero-order valence-corrected chi connectivity index (χ0v) is 36.5. The standard InChI is InChI=1S/C49H62F4N6O4/c1-4-30-7-9-46-38(21-30)42(13-15-62-46)56-27-40(54)44(23-32-17-34(50)25-35(51)18-32)58-48(60)11-12-49(61)59-45(24-33-19-36(52)26-37(53)20-33)41(55)28-57-43-14-16-63-47-10-8-31(22-39(43)47)6-5-29(2)3/h7-10,17-22,25-26,29,40-45,56-57H,4-6,11-16,23-24,27-28,54-55H2,1-3H3,(H,58,60)(H,59,61). The summed E-state index contributed by atoms with van der Waals surface area (Å²) in [6, 6.07) is 15.7. The predicted molar refractivity (Wildman–Crippen MR) is 236 cm³/mol. The quantitative estimate of drug-likeness (QED) is 0.0500. The highest BCUT2D eigenvalue weighted by Crippen LogP contribution is 2.34. The van der Waals surface area contributed by atoms with Gasteiger partial charge in [0.15, 0.2) is 0 Å². The minimum absolute atomic E-state index is 0.0324. The predicted octanol–water partition coefficient (Wildman–Crippen LogP) is 6.81. The van der Waals surface area contributed by atoms with Crippen molar-refractivity contribution in [2.24, 2.45) is 17.4 Å². The number of carbonyl (C=O) groups excluding carboxylic acids is 2. The van der Waals surface area contributed by atoms with Gasteiger partial charge in [-0.3, -0.25) is 9.59 Å². The zero-order valence-electron chi connectivity index (χ0n) is 36.5. The van der Waals surface area contributed by atoms with Gasteiger partial charge >= 0.3 is 0 Å². The van der Waals surface area contributed by atoms with Crippen molar-refractivity contribution in [3.8, 4) is 11.5 Å². The second kappa shape index (κ2) is 22.6. The Morgan fingerprint density at radius 1 is 0.635 bits per heavy atom. The van der Waals surface area contributed by atoms with Gasteiger partial charge in [-0.05, 0) is 96.7 Å². The summed E-state index contributed by atoms with van der Waals surface area (Å²) in [7, 11) is 0. The number of hydrogen-bond donors (Lipinski definition) is 6. The van der Waals surface area contributed by atoms with Gasteiger partial charge in [0, 0.05) is 98.3 Å². The monoisotopic (exact) mass is 874 g/mol. The molecule has 0 saturated heterocycles. The van der Waals surface area contributed by atoms with E-state index in [1.165, 1.54) is 29.8 Å². The third-order valence-electron chi connectivity index (χ3n) is 11.9. The second-order valence-electron chi connectivity index (χ2n) is 17.4. The molecule has 6 rings (SSSR count). The summed E-state index contributed by atoms with van der Waals surface area (Å²) >= 11 is 0. The van der Waals surface area contributed by atoms with Gasteiger partial charge in [-0.2, -0.15) is 0 Å². The molecule has 340 valence electrons. The molecule has 2 amide bonds. The fraction of sp³-hybridized carbons (Fsp3) is 0.469. The molecule has 14 heteroatoms. The fourth-order valence-electron chi connectivity index (χ4n) is 8.35. The average Bonchev–Trinajstić information content (AvgIpc) is 3.24. The first-order chi connectivity index (χ1) is 30.2. The fourth-order valence-corrected chi connectivity index (χ4v) is 8.35. The Hall–Kier alpha value is -5.02. The first-order valence-electron chi connectivity index (χ1n) is 22.2. The molecule has 0 saturated carbocycles. The molecule has 63 heavy (non-hydrogen) atoms. The lowest BCUT2D eigenvalue weighted by Crippen LogP contribution is -2.54. The summed E-state index contributed by atoms with van der Waals surface area (Å²) < 4.78 is 68.9. The maximum absolute atomic E-state index is 14.3. The molecule has 2 aliphatic heterocycles. The summed E-state index contributed by atoms with van der Waals surface area (Å²) in [5, 5.41) is 12.9. The van der Waals surface area contributed by atoms with Gasteiger partial charge in [0.25, 0.3) is 0 Å². The van der Waals surface area contributed by atoms with Crippen molar-refractivity contribution in [2.45, 2.75) is 115 Å². The van der Waals surface area contributed by atoms with Crippen LogP contribution in [0.3, 0.4) is 0 Å². The van der Waals surface area contributed by atoms with Gasteiger partial charge in [-0.15, -0.1) is 0 Å². The van der Waals surface area contributed by atoms with Crippen LogP contribution in [0.2, 0.25) is 0 Å². The molecular weight excluding hydrogens is 813 g/mol. The number of amides is 2. The van der Waals surface area contributed by atoms with Crippen LogP contribution in [-0.2, 0) is 35.3 Å². The molecular formula is C49H62F4N6O4. The lowest BCUT2D eigenvalue weighted by atomic mass is 9.94. The van der Waals surface area contributed by atoms with Crippen LogP contribution in [0, 0.1) is 29.2 Å².